The van der Waals surface area contributed by atoms with Crippen molar-refractivity contribution in [3.63, 3.8) is 0 Å². The zero-order valence-electron chi connectivity index (χ0n) is 11.9. The second-order valence-corrected chi connectivity index (χ2v) is 5.41. The van der Waals surface area contributed by atoms with Gasteiger partial charge in [0.05, 0.1) is 17.3 Å². The zero-order valence-corrected chi connectivity index (χ0v) is 13.4. The van der Waals surface area contributed by atoms with Crippen molar-refractivity contribution in [1.29, 1.82) is 0 Å². The number of nitrogens with one attached hydrogen (secondary N) is 1. The highest BCUT2D eigenvalue weighted by Gasteiger charge is 2.20. The molecule has 1 heterocycles. The van der Waals surface area contributed by atoms with Crippen LogP contribution in [0.2, 0.25) is 0 Å². The molecule has 2 rings (SSSR count). The topological polar surface area (TPSA) is 46.9 Å². The predicted octanol–water partition coefficient (Wildman–Crippen LogP) is 2.90. The summed E-state index contributed by atoms with van der Waals surface area (Å²) in [6, 6.07) is 9.87. The third-order valence-corrected chi connectivity index (χ3v) is 4.05. The van der Waals surface area contributed by atoms with E-state index in [0.717, 1.165) is 17.0 Å². The van der Waals surface area contributed by atoms with Gasteiger partial charge in [0, 0.05) is 18.1 Å². The van der Waals surface area contributed by atoms with Gasteiger partial charge >= 0.3 is 0 Å². The zero-order chi connectivity index (χ0) is 14.7. The van der Waals surface area contributed by atoms with Gasteiger partial charge < -0.3 is 5.32 Å². The molecule has 1 atom stereocenters. The monoisotopic (exact) mass is 335 g/mol. The number of alkyl halides is 1. The summed E-state index contributed by atoms with van der Waals surface area (Å²) in [6.07, 6.45) is 0. The number of carbonyl (C=O) groups is 1. The van der Waals surface area contributed by atoms with Gasteiger partial charge in [-0.25, -0.2) is 0 Å². The summed E-state index contributed by atoms with van der Waals surface area (Å²) in [5.74, 6) is -0.0820. The smallest absolute Gasteiger partial charge is 0.255 e. The van der Waals surface area contributed by atoms with E-state index in [1.54, 1.807) is 4.68 Å². The number of halogens is 1. The molecule has 0 fully saturated rings. The molecule has 0 spiro atoms. The fraction of sp³-hybridized carbons (Fsp3) is 0.333. The quantitative estimate of drug-likeness (QED) is 0.873. The number of rotatable bonds is 4. The highest BCUT2D eigenvalue weighted by Crippen LogP contribution is 2.18. The summed E-state index contributed by atoms with van der Waals surface area (Å²) in [4.78, 5) is 12.5. The lowest BCUT2D eigenvalue weighted by atomic mass is 10.1. The number of hydrogen-bond acceptors (Lipinski definition) is 2. The van der Waals surface area contributed by atoms with Crippen molar-refractivity contribution in [2.45, 2.75) is 19.9 Å². The van der Waals surface area contributed by atoms with Crippen LogP contribution in [0.5, 0.6) is 0 Å². The number of carbonyl (C=O) groups excluding carboxylic acids is 1. The molecule has 20 heavy (non-hydrogen) atoms. The largest absolute Gasteiger partial charge is 0.344 e. The van der Waals surface area contributed by atoms with Gasteiger partial charge in [0.15, 0.2) is 0 Å². The van der Waals surface area contributed by atoms with Crippen molar-refractivity contribution in [3.8, 4) is 0 Å². The lowest BCUT2D eigenvalue weighted by Gasteiger charge is -2.16. The average molecular weight is 336 g/mol. The van der Waals surface area contributed by atoms with E-state index in [2.05, 4.69) is 26.3 Å². The van der Waals surface area contributed by atoms with E-state index in [0.29, 0.717) is 10.9 Å². The van der Waals surface area contributed by atoms with Crippen molar-refractivity contribution >= 4 is 21.8 Å². The van der Waals surface area contributed by atoms with Crippen LogP contribution in [-0.4, -0.2) is 21.0 Å². The standard InChI is InChI=1S/C15H18BrN3O/c1-10-14(11(2)19(3)18-10)15(20)17-13(9-16)12-7-5-4-6-8-12/h4-8,13H,9H2,1-3H3,(H,17,20). The maximum atomic E-state index is 12.5. The van der Waals surface area contributed by atoms with Crippen molar-refractivity contribution in [1.82, 2.24) is 15.1 Å². The summed E-state index contributed by atoms with van der Waals surface area (Å²) < 4.78 is 1.73. The predicted molar refractivity (Wildman–Crippen MR) is 83.1 cm³/mol. The Morgan fingerprint density at radius 1 is 1.35 bits per heavy atom. The molecule has 0 aliphatic carbocycles. The van der Waals surface area contributed by atoms with E-state index < -0.39 is 0 Å². The molecular formula is C15H18BrN3O. The first-order valence-electron chi connectivity index (χ1n) is 6.46. The molecule has 0 radical (unpaired) electrons. The molecule has 0 saturated heterocycles. The molecule has 1 aromatic carbocycles. The maximum Gasteiger partial charge on any atom is 0.255 e. The molecule has 1 N–H and O–H groups in total. The Bertz CT molecular complexity index is 607. The molecule has 2 aromatic rings. The third kappa shape index (κ3) is 2.93. The van der Waals surface area contributed by atoms with Gasteiger partial charge in [-0.15, -0.1) is 0 Å². The van der Waals surface area contributed by atoms with E-state index in [4.69, 9.17) is 0 Å². The Morgan fingerprint density at radius 3 is 2.50 bits per heavy atom. The number of aryl methyl sites for hydroxylation is 2. The van der Waals surface area contributed by atoms with Gasteiger partial charge in [-0.1, -0.05) is 46.3 Å². The van der Waals surface area contributed by atoms with Crippen LogP contribution in [0, 0.1) is 13.8 Å². The Morgan fingerprint density at radius 2 is 2.00 bits per heavy atom. The first kappa shape index (κ1) is 14.8. The van der Waals surface area contributed by atoms with Crippen LogP contribution in [0.1, 0.15) is 33.4 Å². The molecular weight excluding hydrogens is 318 g/mol. The minimum Gasteiger partial charge on any atom is -0.344 e. The molecule has 1 aromatic heterocycles. The minimum atomic E-state index is -0.0820. The SMILES string of the molecule is Cc1nn(C)c(C)c1C(=O)NC(CBr)c1ccccc1. The van der Waals surface area contributed by atoms with Crippen LogP contribution >= 0.6 is 15.9 Å². The lowest BCUT2D eigenvalue weighted by molar-refractivity contribution is 0.0939. The summed E-state index contributed by atoms with van der Waals surface area (Å²) in [5.41, 5.74) is 3.37. The van der Waals surface area contributed by atoms with Gasteiger partial charge in [0.2, 0.25) is 0 Å². The molecule has 5 heteroatoms. The van der Waals surface area contributed by atoms with E-state index in [-0.39, 0.29) is 11.9 Å². The summed E-state index contributed by atoms with van der Waals surface area (Å²) >= 11 is 3.46. The Kier molecular flexibility index (Phi) is 4.60. The van der Waals surface area contributed by atoms with Gasteiger partial charge in [-0.3, -0.25) is 9.48 Å². The van der Waals surface area contributed by atoms with Crippen molar-refractivity contribution < 1.29 is 4.79 Å². The molecule has 0 saturated carbocycles. The highest BCUT2D eigenvalue weighted by molar-refractivity contribution is 9.09. The summed E-state index contributed by atoms with van der Waals surface area (Å²) in [7, 11) is 1.85. The average Bonchev–Trinajstić information content (AvgIpc) is 2.70. The number of amides is 1. The first-order chi connectivity index (χ1) is 9.54. The van der Waals surface area contributed by atoms with E-state index in [1.165, 1.54) is 0 Å². The molecule has 0 aliphatic rings. The van der Waals surface area contributed by atoms with Crippen LogP contribution in [0.3, 0.4) is 0 Å². The van der Waals surface area contributed by atoms with E-state index in [9.17, 15) is 4.79 Å². The van der Waals surface area contributed by atoms with Gasteiger partial charge in [-0.2, -0.15) is 5.10 Å². The molecule has 1 unspecified atom stereocenters. The molecule has 0 aliphatic heterocycles. The summed E-state index contributed by atoms with van der Waals surface area (Å²) in [6.45, 7) is 3.76. The van der Waals surface area contributed by atoms with E-state index >= 15 is 0 Å². The van der Waals surface area contributed by atoms with Crippen LogP contribution < -0.4 is 5.32 Å². The maximum absolute atomic E-state index is 12.5. The fourth-order valence-electron chi connectivity index (χ4n) is 2.23. The fourth-order valence-corrected chi connectivity index (χ4v) is 2.76. The number of benzene rings is 1. The minimum absolute atomic E-state index is 0.0530. The van der Waals surface area contributed by atoms with E-state index in [1.807, 2.05) is 51.2 Å². The van der Waals surface area contributed by atoms with Crippen LogP contribution in [0.15, 0.2) is 30.3 Å². The van der Waals surface area contributed by atoms with Crippen molar-refractivity contribution in [2.24, 2.45) is 7.05 Å². The Balaban J connectivity index is 2.22. The molecule has 0 bridgehead atoms. The number of aromatic nitrogens is 2. The second-order valence-electron chi connectivity index (χ2n) is 4.76. The summed E-state index contributed by atoms with van der Waals surface area (Å²) in [5, 5.41) is 8.00. The van der Waals surface area contributed by atoms with Crippen LogP contribution in [0.25, 0.3) is 0 Å². The molecule has 106 valence electrons. The van der Waals surface area contributed by atoms with Gasteiger partial charge in [-0.05, 0) is 19.4 Å². The normalized spacial score (nSPS) is 12.2. The highest BCUT2D eigenvalue weighted by atomic mass is 79.9. The third-order valence-electron chi connectivity index (χ3n) is 3.40. The first-order valence-corrected chi connectivity index (χ1v) is 7.58. The second kappa shape index (κ2) is 6.22. The van der Waals surface area contributed by atoms with Crippen LogP contribution in [0.4, 0.5) is 0 Å². The lowest BCUT2D eigenvalue weighted by Crippen LogP contribution is -2.30. The van der Waals surface area contributed by atoms with Crippen LogP contribution in [-0.2, 0) is 7.05 Å². The van der Waals surface area contributed by atoms with Crippen molar-refractivity contribution in [2.75, 3.05) is 5.33 Å². The Labute approximate surface area is 127 Å². The molecule has 4 nitrogen and oxygen atoms in total. The molecule has 1 amide bonds. The van der Waals surface area contributed by atoms with Gasteiger partial charge in [0.25, 0.3) is 5.91 Å². The number of nitrogens with zero attached hydrogens (tertiary/aromatic N) is 2. The Hall–Kier alpha value is -1.62. The van der Waals surface area contributed by atoms with Gasteiger partial charge in [0.1, 0.15) is 0 Å². The number of hydrogen-bond donors (Lipinski definition) is 1. The van der Waals surface area contributed by atoms with Crippen molar-refractivity contribution in [3.05, 3.63) is 52.8 Å².